The fourth-order valence-corrected chi connectivity index (χ4v) is 2.75. The van der Waals surface area contributed by atoms with Gasteiger partial charge in [0.2, 0.25) is 0 Å². The highest BCUT2D eigenvalue weighted by atomic mass is 35.5. The Bertz CT molecular complexity index is 664. The summed E-state index contributed by atoms with van der Waals surface area (Å²) in [6, 6.07) is 11.8. The fraction of sp³-hybridized carbons (Fsp3) is 0.0833. The average Bonchev–Trinajstić information content (AvgIpc) is 3.08. The smallest absolute Gasteiger partial charge is 0.143 e. The maximum Gasteiger partial charge on any atom is 0.143 e. The van der Waals surface area contributed by atoms with Crippen LogP contribution in [-0.4, -0.2) is 20.2 Å². The standard InChI is InChI=1S/C12H10ClN5S/c13-12-6-5-9(19-12)7-14-10-3-1-2-4-11(10)18-8-15-16-17-18/h1-6,8,14H,7H2. The van der Waals surface area contributed by atoms with E-state index in [0.717, 1.165) is 22.3 Å². The van der Waals surface area contributed by atoms with Crippen LogP contribution in [0.25, 0.3) is 5.69 Å². The minimum absolute atomic E-state index is 0.719. The molecule has 0 aliphatic rings. The molecule has 0 aliphatic heterocycles. The third-order valence-electron chi connectivity index (χ3n) is 2.58. The molecule has 3 rings (SSSR count). The molecule has 19 heavy (non-hydrogen) atoms. The Kier molecular flexibility index (Phi) is 3.43. The molecule has 0 amide bonds. The number of benzene rings is 1. The SMILES string of the molecule is Clc1ccc(CNc2ccccc2-n2cnnn2)s1. The Balaban J connectivity index is 1.81. The molecule has 0 spiro atoms. The molecule has 1 aromatic carbocycles. The molecule has 0 atom stereocenters. The summed E-state index contributed by atoms with van der Waals surface area (Å²) in [5.74, 6) is 0. The van der Waals surface area contributed by atoms with Gasteiger partial charge in [0, 0.05) is 11.4 Å². The molecule has 0 fully saturated rings. The van der Waals surface area contributed by atoms with Crippen LogP contribution in [0, 0.1) is 0 Å². The molecule has 3 aromatic rings. The van der Waals surface area contributed by atoms with Gasteiger partial charge in [-0.3, -0.25) is 0 Å². The van der Waals surface area contributed by atoms with Crippen molar-refractivity contribution in [3.05, 3.63) is 51.9 Å². The zero-order valence-corrected chi connectivity index (χ0v) is 11.4. The lowest BCUT2D eigenvalue weighted by Gasteiger charge is -2.10. The Hall–Kier alpha value is -1.92. The molecule has 2 heterocycles. The molecule has 0 radical (unpaired) electrons. The van der Waals surface area contributed by atoms with E-state index in [1.54, 1.807) is 22.3 Å². The summed E-state index contributed by atoms with van der Waals surface area (Å²) in [5.41, 5.74) is 1.88. The minimum Gasteiger partial charge on any atom is -0.378 e. The summed E-state index contributed by atoms with van der Waals surface area (Å²) < 4.78 is 2.43. The van der Waals surface area contributed by atoms with Gasteiger partial charge >= 0.3 is 0 Å². The second-order valence-corrected chi connectivity index (χ2v) is 5.63. The normalized spacial score (nSPS) is 10.6. The van der Waals surface area contributed by atoms with Crippen molar-refractivity contribution >= 4 is 28.6 Å². The van der Waals surface area contributed by atoms with E-state index in [0.29, 0.717) is 0 Å². The van der Waals surface area contributed by atoms with E-state index in [2.05, 4.69) is 20.8 Å². The Morgan fingerprint density at radius 2 is 2.11 bits per heavy atom. The molecule has 96 valence electrons. The predicted octanol–water partition coefficient (Wildman–Crippen LogP) is 2.99. The van der Waals surface area contributed by atoms with Crippen LogP contribution in [0.4, 0.5) is 5.69 Å². The quantitative estimate of drug-likeness (QED) is 0.803. The number of nitrogens with zero attached hydrogens (tertiary/aromatic N) is 4. The number of hydrogen-bond donors (Lipinski definition) is 1. The number of nitrogens with one attached hydrogen (secondary N) is 1. The molecule has 0 saturated heterocycles. The number of anilines is 1. The van der Waals surface area contributed by atoms with Crippen LogP contribution in [0.5, 0.6) is 0 Å². The van der Waals surface area contributed by atoms with Crippen LogP contribution in [0.3, 0.4) is 0 Å². The van der Waals surface area contributed by atoms with Crippen molar-refractivity contribution in [2.24, 2.45) is 0 Å². The second-order valence-electron chi connectivity index (χ2n) is 3.83. The van der Waals surface area contributed by atoms with Gasteiger partial charge in [-0.1, -0.05) is 23.7 Å². The molecular weight excluding hydrogens is 282 g/mol. The summed E-state index contributed by atoms with van der Waals surface area (Å²) >= 11 is 7.48. The van der Waals surface area contributed by atoms with E-state index < -0.39 is 0 Å². The van der Waals surface area contributed by atoms with Gasteiger partial charge in [-0.25, -0.2) is 0 Å². The van der Waals surface area contributed by atoms with E-state index in [-0.39, 0.29) is 0 Å². The average molecular weight is 292 g/mol. The Morgan fingerprint density at radius 3 is 2.84 bits per heavy atom. The van der Waals surface area contributed by atoms with E-state index in [1.165, 1.54) is 4.88 Å². The number of tetrazole rings is 1. The Labute approximate surface area is 118 Å². The number of rotatable bonds is 4. The van der Waals surface area contributed by atoms with Crippen molar-refractivity contribution < 1.29 is 0 Å². The highest BCUT2D eigenvalue weighted by molar-refractivity contribution is 7.16. The molecular formula is C12H10ClN5S. The first kappa shape index (κ1) is 12.1. The van der Waals surface area contributed by atoms with Crippen LogP contribution in [0.1, 0.15) is 4.88 Å². The van der Waals surface area contributed by atoms with Crippen LogP contribution in [0.2, 0.25) is 4.34 Å². The number of aromatic nitrogens is 4. The maximum absolute atomic E-state index is 5.91. The molecule has 0 saturated carbocycles. The number of halogens is 1. The van der Waals surface area contributed by atoms with E-state index in [9.17, 15) is 0 Å². The second kappa shape index (κ2) is 5.38. The fourth-order valence-electron chi connectivity index (χ4n) is 1.72. The van der Waals surface area contributed by atoms with Gasteiger partial charge in [0.1, 0.15) is 6.33 Å². The van der Waals surface area contributed by atoms with Crippen LogP contribution < -0.4 is 5.32 Å². The van der Waals surface area contributed by atoms with Gasteiger partial charge in [-0.05, 0) is 34.7 Å². The van der Waals surface area contributed by atoms with Gasteiger partial charge in [-0.15, -0.1) is 16.4 Å². The minimum atomic E-state index is 0.719. The van der Waals surface area contributed by atoms with Crippen molar-refractivity contribution in [1.82, 2.24) is 20.2 Å². The molecule has 1 N–H and O–H groups in total. The summed E-state index contributed by atoms with van der Waals surface area (Å²) in [6.45, 7) is 0.719. The first-order valence-corrected chi connectivity index (χ1v) is 6.83. The van der Waals surface area contributed by atoms with Crippen molar-refractivity contribution in [1.29, 1.82) is 0 Å². The zero-order chi connectivity index (χ0) is 13.1. The van der Waals surface area contributed by atoms with Gasteiger partial charge in [0.25, 0.3) is 0 Å². The molecule has 2 aromatic heterocycles. The predicted molar refractivity (Wildman–Crippen MR) is 75.8 cm³/mol. The number of hydrogen-bond acceptors (Lipinski definition) is 5. The first-order chi connectivity index (χ1) is 9.33. The highest BCUT2D eigenvalue weighted by Gasteiger charge is 2.05. The molecule has 5 nitrogen and oxygen atoms in total. The van der Waals surface area contributed by atoms with E-state index in [4.69, 9.17) is 11.6 Å². The third-order valence-corrected chi connectivity index (χ3v) is 3.81. The zero-order valence-electron chi connectivity index (χ0n) is 9.82. The Morgan fingerprint density at radius 1 is 1.21 bits per heavy atom. The lowest BCUT2D eigenvalue weighted by molar-refractivity contribution is 0.789. The number of thiophene rings is 1. The van der Waals surface area contributed by atoms with Gasteiger partial charge in [0.05, 0.1) is 15.7 Å². The third kappa shape index (κ3) is 2.74. The van der Waals surface area contributed by atoms with Crippen LogP contribution >= 0.6 is 22.9 Å². The summed E-state index contributed by atoms with van der Waals surface area (Å²) in [4.78, 5) is 1.18. The van der Waals surface area contributed by atoms with Crippen molar-refractivity contribution in [2.45, 2.75) is 6.54 Å². The molecule has 0 unspecified atom stereocenters. The summed E-state index contributed by atoms with van der Waals surface area (Å²) in [7, 11) is 0. The molecule has 0 aliphatic carbocycles. The van der Waals surface area contributed by atoms with E-state index >= 15 is 0 Å². The molecule has 0 bridgehead atoms. The van der Waals surface area contributed by atoms with Gasteiger partial charge < -0.3 is 5.32 Å². The van der Waals surface area contributed by atoms with Crippen LogP contribution in [-0.2, 0) is 6.54 Å². The molecule has 7 heteroatoms. The highest BCUT2D eigenvalue weighted by Crippen LogP contribution is 2.24. The topological polar surface area (TPSA) is 55.6 Å². The lowest BCUT2D eigenvalue weighted by atomic mass is 10.2. The monoisotopic (exact) mass is 291 g/mol. The first-order valence-electron chi connectivity index (χ1n) is 5.63. The summed E-state index contributed by atoms with van der Waals surface area (Å²) in [5, 5.41) is 14.6. The van der Waals surface area contributed by atoms with Crippen molar-refractivity contribution in [3.63, 3.8) is 0 Å². The lowest BCUT2D eigenvalue weighted by Crippen LogP contribution is -2.04. The van der Waals surface area contributed by atoms with Gasteiger partial charge in [-0.2, -0.15) is 4.68 Å². The van der Waals surface area contributed by atoms with Crippen molar-refractivity contribution in [3.8, 4) is 5.69 Å². The van der Waals surface area contributed by atoms with Crippen LogP contribution in [0.15, 0.2) is 42.7 Å². The largest absolute Gasteiger partial charge is 0.378 e. The van der Waals surface area contributed by atoms with E-state index in [1.807, 2.05) is 36.4 Å². The van der Waals surface area contributed by atoms with Gasteiger partial charge in [0.15, 0.2) is 0 Å². The number of para-hydroxylation sites is 2. The van der Waals surface area contributed by atoms with Crippen molar-refractivity contribution in [2.75, 3.05) is 5.32 Å². The summed E-state index contributed by atoms with van der Waals surface area (Å²) in [6.07, 6.45) is 1.57. The maximum atomic E-state index is 5.91.